The van der Waals surface area contributed by atoms with E-state index >= 15 is 0 Å². The number of nitrogens with zero attached hydrogens (tertiary/aromatic N) is 5. The molecule has 0 saturated carbocycles. The first kappa shape index (κ1) is 30.0. The number of fused-ring (bicyclic) bond motifs is 1. The van der Waals surface area contributed by atoms with Crippen molar-refractivity contribution in [2.45, 2.75) is 13.0 Å². The van der Waals surface area contributed by atoms with Crippen molar-refractivity contribution in [2.24, 2.45) is 7.05 Å². The summed E-state index contributed by atoms with van der Waals surface area (Å²) in [5.41, 5.74) is 5.78. The van der Waals surface area contributed by atoms with Gasteiger partial charge in [0.05, 0.1) is 31.1 Å². The quantitative estimate of drug-likeness (QED) is 0.327. The van der Waals surface area contributed by atoms with Crippen LogP contribution in [0.25, 0.3) is 11.1 Å². The van der Waals surface area contributed by atoms with Crippen LogP contribution in [-0.2, 0) is 24.8 Å². The average molecular weight is 611 g/mol. The van der Waals surface area contributed by atoms with Crippen molar-refractivity contribution in [1.82, 2.24) is 14.5 Å². The van der Waals surface area contributed by atoms with E-state index in [1.807, 2.05) is 49.3 Å². The molecule has 6 rings (SSSR count). The molecule has 4 heterocycles. The number of ether oxygens (including phenoxy) is 1. The fourth-order valence-electron chi connectivity index (χ4n) is 5.88. The molecule has 0 spiro atoms. The minimum Gasteiger partial charge on any atom is -0.392 e. The second-order valence-electron chi connectivity index (χ2n) is 11.4. The minimum atomic E-state index is -0.298. The third-order valence-electron chi connectivity index (χ3n) is 8.35. The van der Waals surface area contributed by atoms with Crippen LogP contribution >= 0.6 is 0 Å². The maximum absolute atomic E-state index is 13.7. The van der Waals surface area contributed by atoms with Crippen LogP contribution in [0.4, 0.5) is 22.9 Å². The average Bonchev–Trinajstić information content (AvgIpc) is 3.06. The van der Waals surface area contributed by atoms with Crippen molar-refractivity contribution >= 4 is 34.7 Å². The van der Waals surface area contributed by atoms with Gasteiger partial charge in [-0.15, -0.1) is 0 Å². The predicted octanol–water partition coefficient (Wildman–Crippen LogP) is 3.42. The molecule has 11 nitrogen and oxygen atoms in total. The second kappa shape index (κ2) is 12.5. The first-order chi connectivity index (χ1) is 21.7. The fourth-order valence-corrected chi connectivity index (χ4v) is 5.88. The number of aliphatic hydroxyl groups excluding tert-OH is 1. The van der Waals surface area contributed by atoms with Crippen molar-refractivity contribution in [1.29, 1.82) is 0 Å². The molecule has 45 heavy (non-hydrogen) atoms. The summed E-state index contributed by atoms with van der Waals surface area (Å²) in [6.45, 7) is 2.28. The van der Waals surface area contributed by atoms with Gasteiger partial charge in [-0.3, -0.25) is 14.4 Å². The number of rotatable bonds is 7. The highest BCUT2D eigenvalue weighted by molar-refractivity contribution is 6.09. The number of nitrogens with one attached hydrogen (secondary N) is 1. The lowest BCUT2D eigenvalue weighted by molar-refractivity contribution is 0.0302. The van der Waals surface area contributed by atoms with Crippen LogP contribution in [0.15, 0.2) is 71.8 Å². The molecule has 2 amide bonds. The topological polar surface area (TPSA) is 120 Å². The summed E-state index contributed by atoms with van der Waals surface area (Å²) < 4.78 is 6.79. The number of morpholine rings is 1. The SMILES string of the molecule is CN(C)c1ccc2c(c1)CCN(c1cccc(-c3cc(Nc4ccc(C(=O)N5CCOCC5)cn4)c(=O)n(C)c3)c1[14CH2]O)C2=O. The number of pyridine rings is 2. The van der Waals surface area contributed by atoms with Crippen molar-refractivity contribution < 1.29 is 19.4 Å². The van der Waals surface area contributed by atoms with Gasteiger partial charge in [-0.1, -0.05) is 12.1 Å². The van der Waals surface area contributed by atoms with Crippen LogP contribution < -0.4 is 20.7 Å². The number of amides is 2. The Hall–Kier alpha value is -5.00. The van der Waals surface area contributed by atoms with E-state index in [1.54, 1.807) is 41.2 Å². The highest BCUT2D eigenvalue weighted by Crippen LogP contribution is 2.35. The van der Waals surface area contributed by atoms with E-state index in [0.29, 0.717) is 78.6 Å². The summed E-state index contributed by atoms with van der Waals surface area (Å²) in [6.07, 6.45) is 3.89. The Morgan fingerprint density at radius 3 is 2.53 bits per heavy atom. The molecule has 2 aliphatic rings. The molecule has 2 N–H and O–H groups in total. The molecular weight excluding hydrogens is 574 g/mol. The number of benzene rings is 2. The molecule has 0 unspecified atom stereocenters. The van der Waals surface area contributed by atoms with Crippen LogP contribution in [0.3, 0.4) is 0 Å². The van der Waals surface area contributed by atoms with Gasteiger partial charge < -0.3 is 34.4 Å². The molecule has 1 fully saturated rings. The van der Waals surface area contributed by atoms with E-state index in [-0.39, 0.29) is 29.7 Å². The van der Waals surface area contributed by atoms with Gasteiger partial charge in [0, 0.05) is 75.5 Å². The van der Waals surface area contributed by atoms with Crippen LogP contribution in [-0.4, -0.2) is 78.3 Å². The smallest absolute Gasteiger partial charge is 0.274 e. The normalized spacial score (nSPS) is 14.7. The van der Waals surface area contributed by atoms with Crippen molar-refractivity contribution in [2.75, 3.05) is 62.1 Å². The molecule has 0 atom stereocenters. The Balaban J connectivity index is 1.28. The van der Waals surface area contributed by atoms with Crippen molar-refractivity contribution in [3.8, 4) is 11.1 Å². The molecule has 0 aliphatic carbocycles. The Bertz CT molecular complexity index is 1810. The van der Waals surface area contributed by atoms with E-state index in [2.05, 4.69) is 16.4 Å². The number of aromatic nitrogens is 2. The van der Waals surface area contributed by atoms with Gasteiger partial charge in [0.15, 0.2) is 0 Å². The van der Waals surface area contributed by atoms with E-state index in [1.165, 1.54) is 10.8 Å². The zero-order valence-electron chi connectivity index (χ0n) is 25.6. The van der Waals surface area contributed by atoms with Gasteiger partial charge in [0.2, 0.25) is 0 Å². The summed E-state index contributed by atoms with van der Waals surface area (Å²) in [5, 5.41) is 13.7. The molecule has 11 heteroatoms. The van der Waals surface area contributed by atoms with Gasteiger partial charge in [0.25, 0.3) is 17.4 Å². The van der Waals surface area contributed by atoms with Gasteiger partial charge >= 0.3 is 0 Å². The fraction of sp³-hybridized carbons (Fsp3) is 0.294. The van der Waals surface area contributed by atoms with Gasteiger partial charge in [-0.2, -0.15) is 0 Å². The molecule has 1 saturated heterocycles. The van der Waals surface area contributed by atoms with E-state index in [0.717, 1.165) is 11.3 Å². The number of aryl methyl sites for hydroxylation is 1. The summed E-state index contributed by atoms with van der Waals surface area (Å²) in [5.74, 6) is 0.187. The predicted molar refractivity (Wildman–Crippen MR) is 173 cm³/mol. The number of aliphatic hydroxyl groups is 1. The standard InChI is InChI=1S/C34H36N6O5/c1-37(2)25-8-9-27-22(17-25)11-12-40(33(27)43)30-6-4-5-26(28(30)21-41)24-18-29(34(44)38(3)20-24)36-31-10-7-23(19-35-31)32(42)39-13-15-45-16-14-39/h4-10,17-20,41H,11-16,21H2,1-3H3,(H,35,36)/i21+2. The van der Waals surface area contributed by atoms with Crippen LogP contribution in [0, 0.1) is 0 Å². The Morgan fingerprint density at radius 2 is 1.82 bits per heavy atom. The monoisotopic (exact) mass is 610 g/mol. The molecule has 2 aromatic carbocycles. The van der Waals surface area contributed by atoms with Crippen molar-refractivity contribution in [3.05, 3.63) is 99.6 Å². The van der Waals surface area contributed by atoms with Crippen molar-refractivity contribution in [3.63, 3.8) is 0 Å². The van der Waals surface area contributed by atoms with Crippen LogP contribution in [0.2, 0.25) is 0 Å². The molecule has 2 aromatic heterocycles. The lowest BCUT2D eigenvalue weighted by Crippen LogP contribution is -2.40. The summed E-state index contributed by atoms with van der Waals surface area (Å²) in [6, 6.07) is 16.5. The third-order valence-corrected chi connectivity index (χ3v) is 8.35. The summed E-state index contributed by atoms with van der Waals surface area (Å²) in [4.78, 5) is 49.4. The number of anilines is 4. The van der Waals surface area contributed by atoms with Gasteiger partial charge in [-0.05, 0) is 60.0 Å². The first-order valence-corrected chi connectivity index (χ1v) is 14.9. The molecule has 232 valence electrons. The van der Waals surface area contributed by atoms with E-state index < -0.39 is 0 Å². The summed E-state index contributed by atoms with van der Waals surface area (Å²) in [7, 11) is 5.60. The first-order valence-electron chi connectivity index (χ1n) is 14.9. The molecule has 4 aromatic rings. The number of carbonyl (C=O) groups is 2. The molecular formula is C34H36N6O5. The highest BCUT2D eigenvalue weighted by atomic mass is 16.5. The minimum absolute atomic E-state index is 0.110. The maximum atomic E-state index is 13.7. The van der Waals surface area contributed by atoms with E-state index in [4.69, 9.17) is 4.74 Å². The second-order valence-corrected chi connectivity index (χ2v) is 11.4. The lowest BCUT2D eigenvalue weighted by Gasteiger charge is -2.31. The Labute approximate surface area is 261 Å². The number of hydrogen-bond acceptors (Lipinski definition) is 8. The van der Waals surface area contributed by atoms with Gasteiger partial charge in [-0.25, -0.2) is 4.98 Å². The molecule has 0 bridgehead atoms. The van der Waals surface area contributed by atoms with E-state index in [9.17, 15) is 19.5 Å². The largest absolute Gasteiger partial charge is 0.392 e. The molecule has 0 radical (unpaired) electrons. The van der Waals surface area contributed by atoms with Gasteiger partial charge in [0.1, 0.15) is 11.5 Å². The van der Waals surface area contributed by atoms with Crippen LogP contribution in [0.5, 0.6) is 0 Å². The number of carbonyl (C=O) groups excluding carboxylic acids is 2. The Morgan fingerprint density at radius 1 is 1.02 bits per heavy atom. The number of hydrogen-bond donors (Lipinski definition) is 2. The Kier molecular flexibility index (Phi) is 8.38. The zero-order chi connectivity index (χ0) is 31.7. The molecule has 2 aliphatic heterocycles. The lowest BCUT2D eigenvalue weighted by atomic mass is 9.96. The van der Waals surface area contributed by atoms with Crippen LogP contribution in [0.1, 0.15) is 31.8 Å². The third kappa shape index (κ3) is 5.92. The zero-order valence-corrected chi connectivity index (χ0v) is 25.6. The maximum Gasteiger partial charge on any atom is 0.274 e. The summed E-state index contributed by atoms with van der Waals surface area (Å²) >= 11 is 0. The highest BCUT2D eigenvalue weighted by Gasteiger charge is 2.28.